The van der Waals surface area contributed by atoms with Crippen LogP contribution in [0.4, 0.5) is 0 Å². The Morgan fingerprint density at radius 2 is 1.50 bits per heavy atom. The average molecular weight is 186 g/mol. The molecule has 1 aromatic rings. The number of hydrogen-bond acceptors (Lipinski definition) is 2. The van der Waals surface area contributed by atoms with E-state index in [0.29, 0.717) is 0 Å². The first-order valence-electron chi connectivity index (χ1n) is 3.33. The van der Waals surface area contributed by atoms with Crippen molar-refractivity contribution in [3.63, 3.8) is 0 Å². The normalized spacial score (nSPS) is 12.5. The smallest absolute Gasteiger partial charge is 0.216 e. The van der Waals surface area contributed by atoms with Gasteiger partial charge < -0.3 is 0 Å². The lowest BCUT2D eigenvalue weighted by Crippen LogP contribution is -2.21. The SMILES string of the molecule is NS(N)(=O)=O.c1cc2cc(c1)C2. The monoisotopic (exact) mass is 186 g/mol. The fraction of sp³-hybridized carbons (Fsp3) is 0.143. The summed E-state index contributed by atoms with van der Waals surface area (Å²) in [6.07, 6.45) is 1.22. The Labute approximate surface area is 71.4 Å². The van der Waals surface area contributed by atoms with Crippen LogP contribution in [0.15, 0.2) is 24.3 Å². The predicted octanol–water partition coefficient (Wildman–Crippen LogP) is -0.261. The Kier molecular flexibility index (Phi) is 2.46. The van der Waals surface area contributed by atoms with Gasteiger partial charge in [-0.25, -0.2) is 10.3 Å². The minimum atomic E-state index is -3.67. The summed E-state index contributed by atoms with van der Waals surface area (Å²) in [4.78, 5) is 0. The molecule has 4 N–H and O–H groups in total. The number of rotatable bonds is 0. The maximum atomic E-state index is 9.19. The van der Waals surface area contributed by atoms with Crippen molar-refractivity contribution in [3.8, 4) is 0 Å². The van der Waals surface area contributed by atoms with E-state index in [-0.39, 0.29) is 0 Å². The Morgan fingerprint density at radius 1 is 1.17 bits per heavy atom. The van der Waals surface area contributed by atoms with Crippen molar-refractivity contribution in [2.24, 2.45) is 10.3 Å². The van der Waals surface area contributed by atoms with Gasteiger partial charge in [0.05, 0.1) is 0 Å². The molecule has 0 aliphatic heterocycles. The maximum absolute atomic E-state index is 9.19. The molecular formula is C7H10N2O2S. The summed E-state index contributed by atoms with van der Waals surface area (Å²) in [7, 11) is -3.67. The van der Waals surface area contributed by atoms with Gasteiger partial charge in [0, 0.05) is 0 Å². The highest BCUT2D eigenvalue weighted by atomic mass is 32.2. The lowest BCUT2D eigenvalue weighted by Gasteiger charge is -2.11. The molecule has 0 atom stereocenters. The van der Waals surface area contributed by atoms with Crippen LogP contribution in [0, 0.1) is 0 Å². The Morgan fingerprint density at radius 3 is 1.58 bits per heavy atom. The maximum Gasteiger partial charge on any atom is 0.271 e. The third-order valence-corrected chi connectivity index (χ3v) is 1.40. The molecule has 0 spiro atoms. The summed E-state index contributed by atoms with van der Waals surface area (Å²) >= 11 is 0. The number of fused-ring (bicyclic) bond motifs is 2. The van der Waals surface area contributed by atoms with Crippen molar-refractivity contribution < 1.29 is 8.42 Å². The molecule has 0 saturated heterocycles. The van der Waals surface area contributed by atoms with Gasteiger partial charge >= 0.3 is 0 Å². The molecule has 1 aromatic carbocycles. The minimum Gasteiger partial charge on any atom is -0.216 e. The highest BCUT2D eigenvalue weighted by Crippen LogP contribution is 2.18. The second-order valence-electron chi connectivity index (χ2n) is 2.59. The standard InChI is InChI=1S/C7H6.H4N2O2S/c1-2-6-4-7(3-1)5-6;1-5(2,3)4/h1-4H,5H2;(H4,1,2,3,4). The van der Waals surface area contributed by atoms with Crippen molar-refractivity contribution in [2.45, 2.75) is 6.42 Å². The van der Waals surface area contributed by atoms with Crippen LogP contribution < -0.4 is 10.3 Å². The molecule has 0 amide bonds. The lowest BCUT2D eigenvalue weighted by molar-refractivity contribution is 0.599. The number of benzene rings is 1. The zero-order chi connectivity index (χ0) is 9.19. The first-order valence-corrected chi connectivity index (χ1v) is 4.94. The molecule has 0 aromatic heterocycles. The second kappa shape index (κ2) is 3.22. The van der Waals surface area contributed by atoms with E-state index in [1.165, 1.54) is 17.5 Å². The first-order chi connectivity index (χ1) is 5.45. The van der Waals surface area contributed by atoms with Crippen molar-refractivity contribution >= 4 is 10.2 Å². The van der Waals surface area contributed by atoms with Gasteiger partial charge in [0.15, 0.2) is 0 Å². The summed E-state index contributed by atoms with van der Waals surface area (Å²) in [6, 6.07) is 8.65. The van der Waals surface area contributed by atoms with Crippen LogP contribution in [0.3, 0.4) is 0 Å². The van der Waals surface area contributed by atoms with Crippen LogP contribution in [-0.4, -0.2) is 8.42 Å². The van der Waals surface area contributed by atoms with E-state index in [1.54, 1.807) is 0 Å². The zero-order valence-corrected chi connectivity index (χ0v) is 7.21. The fourth-order valence-corrected chi connectivity index (χ4v) is 0.954. The molecule has 5 heteroatoms. The molecular weight excluding hydrogens is 176 g/mol. The lowest BCUT2D eigenvalue weighted by atomic mass is 9.94. The fourth-order valence-electron chi connectivity index (χ4n) is 0.954. The van der Waals surface area contributed by atoms with Gasteiger partial charge in [-0.2, -0.15) is 8.42 Å². The Balaban J connectivity index is 0.000000130. The molecule has 2 aliphatic carbocycles. The first kappa shape index (κ1) is 9.18. The van der Waals surface area contributed by atoms with Gasteiger partial charge in [-0.15, -0.1) is 0 Å². The zero-order valence-electron chi connectivity index (χ0n) is 6.40. The van der Waals surface area contributed by atoms with Crippen LogP contribution in [0.25, 0.3) is 0 Å². The highest BCUT2D eigenvalue weighted by molar-refractivity contribution is 7.86. The topological polar surface area (TPSA) is 86.2 Å². The van der Waals surface area contributed by atoms with Crippen LogP contribution in [-0.2, 0) is 16.6 Å². The van der Waals surface area contributed by atoms with E-state index in [4.69, 9.17) is 0 Å². The molecule has 0 saturated carbocycles. The van der Waals surface area contributed by atoms with Crippen molar-refractivity contribution in [2.75, 3.05) is 0 Å². The van der Waals surface area contributed by atoms with Gasteiger partial charge in [-0.05, 0) is 17.5 Å². The van der Waals surface area contributed by atoms with Crippen molar-refractivity contribution in [1.29, 1.82) is 0 Å². The van der Waals surface area contributed by atoms with Crippen LogP contribution >= 0.6 is 0 Å². The molecule has 0 fully saturated rings. The number of nitrogens with two attached hydrogens (primary N) is 2. The molecule has 0 heterocycles. The van der Waals surface area contributed by atoms with Gasteiger partial charge in [-0.1, -0.05) is 24.3 Å². The summed E-state index contributed by atoms with van der Waals surface area (Å²) < 4.78 is 18.4. The summed E-state index contributed by atoms with van der Waals surface area (Å²) in [6.45, 7) is 0. The van der Waals surface area contributed by atoms with Crippen LogP contribution in [0.2, 0.25) is 0 Å². The molecule has 4 nitrogen and oxygen atoms in total. The van der Waals surface area contributed by atoms with Crippen LogP contribution in [0.1, 0.15) is 11.1 Å². The predicted molar refractivity (Wildman–Crippen MR) is 46.5 cm³/mol. The summed E-state index contributed by atoms with van der Waals surface area (Å²) in [5.74, 6) is 0. The van der Waals surface area contributed by atoms with E-state index in [1.807, 2.05) is 0 Å². The molecule has 0 radical (unpaired) electrons. The highest BCUT2D eigenvalue weighted by Gasteiger charge is 2.04. The summed E-state index contributed by atoms with van der Waals surface area (Å²) in [5.41, 5.74) is 2.97. The Hall–Kier alpha value is -0.910. The van der Waals surface area contributed by atoms with E-state index in [0.717, 1.165) is 0 Å². The third-order valence-electron chi connectivity index (χ3n) is 1.40. The van der Waals surface area contributed by atoms with Gasteiger partial charge in [0.2, 0.25) is 0 Å². The quantitative estimate of drug-likeness (QED) is 0.594. The van der Waals surface area contributed by atoms with Crippen molar-refractivity contribution in [1.82, 2.24) is 0 Å². The average Bonchev–Trinajstić information content (AvgIpc) is 1.83. The number of hydrogen-bond donors (Lipinski definition) is 2. The second-order valence-corrected chi connectivity index (χ2v) is 3.76. The van der Waals surface area contributed by atoms with Gasteiger partial charge in [-0.3, -0.25) is 0 Å². The molecule has 0 unspecified atom stereocenters. The van der Waals surface area contributed by atoms with Gasteiger partial charge in [0.1, 0.15) is 0 Å². The minimum absolute atomic E-state index is 1.22. The third kappa shape index (κ3) is 3.47. The Bertz CT molecular complexity index is 340. The molecule has 66 valence electrons. The molecule has 2 aliphatic rings. The molecule has 2 bridgehead atoms. The van der Waals surface area contributed by atoms with E-state index < -0.39 is 10.2 Å². The van der Waals surface area contributed by atoms with E-state index in [9.17, 15) is 8.42 Å². The van der Waals surface area contributed by atoms with E-state index >= 15 is 0 Å². The van der Waals surface area contributed by atoms with Crippen LogP contribution in [0.5, 0.6) is 0 Å². The molecule has 3 rings (SSSR count). The largest absolute Gasteiger partial charge is 0.271 e. The summed E-state index contributed by atoms with van der Waals surface area (Å²) in [5, 5.41) is 8.21. The van der Waals surface area contributed by atoms with Gasteiger partial charge in [0.25, 0.3) is 10.2 Å². The van der Waals surface area contributed by atoms with E-state index in [2.05, 4.69) is 34.5 Å². The molecule has 12 heavy (non-hydrogen) atoms. The van der Waals surface area contributed by atoms with Crippen molar-refractivity contribution in [3.05, 3.63) is 35.4 Å².